The minimum atomic E-state index is -0.141. The second-order valence-corrected chi connectivity index (χ2v) is 5.41. The molecule has 0 saturated carbocycles. The average Bonchev–Trinajstić information content (AvgIpc) is 2.48. The van der Waals surface area contributed by atoms with Crippen LogP contribution in [0.25, 0.3) is 0 Å². The van der Waals surface area contributed by atoms with Crippen LogP contribution < -0.4 is 10.9 Å². The third kappa shape index (κ3) is 4.58. The zero-order valence-corrected chi connectivity index (χ0v) is 13.5. The van der Waals surface area contributed by atoms with Crippen LogP contribution in [0.2, 0.25) is 0 Å². The molecule has 2 heterocycles. The number of piperidine rings is 1. The fourth-order valence-corrected chi connectivity index (χ4v) is 2.55. The number of pyridine rings is 1. The third-order valence-electron chi connectivity index (χ3n) is 3.94. The summed E-state index contributed by atoms with van der Waals surface area (Å²) in [6, 6.07) is 3.14. The van der Waals surface area contributed by atoms with E-state index in [0.29, 0.717) is 11.5 Å². The van der Waals surface area contributed by atoms with Crippen molar-refractivity contribution >= 4 is 18.3 Å². The third-order valence-corrected chi connectivity index (χ3v) is 3.94. The summed E-state index contributed by atoms with van der Waals surface area (Å²) in [6.07, 6.45) is 3.71. The van der Waals surface area contributed by atoms with Gasteiger partial charge < -0.3 is 14.8 Å². The van der Waals surface area contributed by atoms with E-state index in [1.807, 2.05) is 4.90 Å². The number of carbonyl (C=O) groups excluding carboxylic acids is 1. The molecule has 1 fully saturated rings. The molecule has 1 amide bonds. The number of rotatable bonds is 4. The lowest BCUT2D eigenvalue weighted by molar-refractivity contribution is 0.0690. The summed E-state index contributed by atoms with van der Waals surface area (Å²) in [5.74, 6) is 0.632. The van der Waals surface area contributed by atoms with Crippen LogP contribution >= 0.6 is 12.4 Å². The van der Waals surface area contributed by atoms with E-state index in [2.05, 4.69) is 12.2 Å². The van der Waals surface area contributed by atoms with E-state index < -0.39 is 0 Å². The Morgan fingerprint density at radius 1 is 1.38 bits per heavy atom. The molecule has 0 unspecified atom stereocenters. The van der Waals surface area contributed by atoms with Gasteiger partial charge in [-0.15, -0.1) is 12.4 Å². The second-order valence-electron chi connectivity index (χ2n) is 5.41. The molecular formula is C15H24ClN3O2. The number of halogens is 1. The maximum atomic E-state index is 12.3. The standard InChI is InChI=1S/C15H23N3O2.ClH/c1-3-16-11-12-4-8-18(9-5-12)15(20)13-6-7-17(2)14(19)10-13;/h6-7,10,12,16H,3-5,8-9,11H2,1-2H3;1H. The molecule has 1 aromatic rings. The SMILES string of the molecule is CCNCC1CCN(C(=O)c2ccn(C)c(=O)c2)CC1.Cl. The Morgan fingerprint density at radius 2 is 2.05 bits per heavy atom. The summed E-state index contributed by atoms with van der Waals surface area (Å²) >= 11 is 0. The van der Waals surface area contributed by atoms with Gasteiger partial charge in [0, 0.05) is 38.0 Å². The highest BCUT2D eigenvalue weighted by Crippen LogP contribution is 2.18. The molecule has 0 bridgehead atoms. The molecule has 6 heteroatoms. The Morgan fingerprint density at radius 3 is 2.62 bits per heavy atom. The molecule has 118 valence electrons. The molecule has 21 heavy (non-hydrogen) atoms. The first-order valence-corrected chi connectivity index (χ1v) is 7.28. The van der Waals surface area contributed by atoms with Crippen LogP contribution in [0.1, 0.15) is 30.1 Å². The molecule has 0 radical (unpaired) electrons. The number of hydrogen-bond donors (Lipinski definition) is 1. The molecule has 1 aliphatic rings. The Hall–Kier alpha value is -1.33. The average molecular weight is 314 g/mol. The van der Waals surface area contributed by atoms with Crippen LogP contribution in [0.3, 0.4) is 0 Å². The monoisotopic (exact) mass is 313 g/mol. The zero-order valence-electron chi connectivity index (χ0n) is 12.7. The number of nitrogens with one attached hydrogen (secondary N) is 1. The van der Waals surface area contributed by atoms with Crippen molar-refractivity contribution in [1.29, 1.82) is 0 Å². The summed E-state index contributed by atoms with van der Waals surface area (Å²) < 4.78 is 1.47. The lowest BCUT2D eigenvalue weighted by atomic mass is 9.96. The highest BCUT2D eigenvalue weighted by atomic mass is 35.5. The van der Waals surface area contributed by atoms with Gasteiger partial charge in [0.2, 0.25) is 0 Å². The van der Waals surface area contributed by atoms with E-state index in [1.54, 1.807) is 19.3 Å². The number of nitrogens with zero attached hydrogens (tertiary/aromatic N) is 2. The smallest absolute Gasteiger partial charge is 0.254 e. The molecule has 5 nitrogen and oxygen atoms in total. The number of likely N-dealkylation sites (tertiary alicyclic amines) is 1. The van der Waals surface area contributed by atoms with E-state index in [-0.39, 0.29) is 23.9 Å². The molecule has 1 saturated heterocycles. The fraction of sp³-hybridized carbons (Fsp3) is 0.600. The van der Waals surface area contributed by atoms with Gasteiger partial charge in [-0.05, 0) is 37.9 Å². The summed E-state index contributed by atoms with van der Waals surface area (Å²) in [7, 11) is 1.68. The van der Waals surface area contributed by atoms with Crippen molar-refractivity contribution < 1.29 is 4.79 Å². The van der Waals surface area contributed by atoms with Crippen molar-refractivity contribution in [3.05, 3.63) is 34.2 Å². The van der Waals surface area contributed by atoms with Gasteiger partial charge in [-0.2, -0.15) is 0 Å². The number of aryl methyl sites for hydroxylation is 1. The predicted octanol–water partition coefficient (Wildman–Crippen LogP) is 1.27. The van der Waals surface area contributed by atoms with Crippen LogP contribution in [-0.2, 0) is 7.05 Å². The summed E-state index contributed by atoms with van der Waals surface area (Å²) in [5, 5.41) is 3.36. The van der Waals surface area contributed by atoms with Crippen molar-refractivity contribution in [1.82, 2.24) is 14.8 Å². The Kier molecular flexibility index (Phi) is 6.92. The molecule has 1 N–H and O–H groups in total. The number of aromatic nitrogens is 1. The van der Waals surface area contributed by atoms with Crippen molar-refractivity contribution in [2.75, 3.05) is 26.2 Å². The van der Waals surface area contributed by atoms with Crippen LogP contribution in [0.4, 0.5) is 0 Å². The van der Waals surface area contributed by atoms with Gasteiger partial charge in [0.1, 0.15) is 0 Å². The maximum Gasteiger partial charge on any atom is 0.254 e. The van der Waals surface area contributed by atoms with Gasteiger partial charge >= 0.3 is 0 Å². The molecule has 1 aromatic heterocycles. The zero-order chi connectivity index (χ0) is 14.5. The van der Waals surface area contributed by atoms with E-state index in [0.717, 1.165) is 39.0 Å². The van der Waals surface area contributed by atoms with E-state index in [1.165, 1.54) is 10.6 Å². The summed E-state index contributed by atoms with van der Waals surface area (Å²) in [4.78, 5) is 25.8. The van der Waals surface area contributed by atoms with Crippen molar-refractivity contribution in [2.45, 2.75) is 19.8 Å². The Labute approximate surface area is 131 Å². The van der Waals surface area contributed by atoms with Gasteiger partial charge in [0.25, 0.3) is 11.5 Å². The van der Waals surface area contributed by atoms with Gasteiger partial charge in [-0.25, -0.2) is 0 Å². The van der Waals surface area contributed by atoms with Gasteiger partial charge in [0.15, 0.2) is 0 Å². The van der Waals surface area contributed by atoms with Crippen LogP contribution in [0.5, 0.6) is 0 Å². The number of carbonyl (C=O) groups is 1. The minimum absolute atomic E-state index is 0. The van der Waals surface area contributed by atoms with Crippen molar-refractivity contribution in [3.8, 4) is 0 Å². The highest BCUT2D eigenvalue weighted by molar-refractivity contribution is 5.94. The Bertz CT molecular complexity index is 522. The molecule has 1 aliphatic heterocycles. The quantitative estimate of drug-likeness (QED) is 0.911. The maximum absolute atomic E-state index is 12.3. The molecular weight excluding hydrogens is 290 g/mol. The van der Waals surface area contributed by atoms with Crippen molar-refractivity contribution in [3.63, 3.8) is 0 Å². The number of amides is 1. The molecule has 0 aliphatic carbocycles. The van der Waals surface area contributed by atoms with Crippen LogP contribution in [-0.4, -0.2) is 41.6 Å². The first-order valence-electron chi connectivity index (χ1n) is 7.28. The highest BCUT2D eigenvalue weighted by Gasteiger charge is 2.23. The Balaban J connectivity index is 0.00000220. The molecule has 0 atom stereocenters. The van der Waals surface area contributed by atoms with Gasteiger partial charge in [-0.3, -0.25) is 9.59 Å². The first kappa shape index (κ1) is 17.7. The lowest BCUT2D eigenvalue weighted by Gasteiger charge is -2.32. The summed E-state index contributed by atoms with van der Waals surface area (Å²) in [5.41, 5.74) is 0.358. The van der Waals surface area contributed by atoms with Crippen LogP contribution in [0, 0.1) is 5.92 Å². The van der Waals surface area contributed by atoms with Gasteiger partial charge in [-0.1, -0.05) is 6.92 Å². The van der Waals surface area contributed by atoms with E-state index >= 15 is 0 Å². The van der Waals surface area contributed by atoms with Crippen molar-refractivity contribution in [2.24, 2.45) is 13.0 Å². The second kappa shape index (κ2) is 8.20. The topological polar surface area (TPSA) is 54.3 Å². The lowest BCUT2D eigenvalue weighted by Crippen LogP contribution is -2.41. The fourth-order valence-electron chi connectivity index (χ4n) is 2.55. The van der Waals surface area contributed by atoms with Crippen LogP contribution in [0.15, 0.2) is 23.1 Å². The number of hydrogen-bond acceptors (Lipinski definition) is 3. The van der Waals surface area contributed by atoms with Gasteiger partial charge in [0.05, 0.1) is 0 Å². The first-order chi connectivity index (χ1) is 9.61. The molecule has 2 rings (SSSR count). The minimum Gasteiger partial charge on any atom is -0.339 e. The molecule has 0 aromatic carbocycles. The normalized spacial score (nSPS) is 15.6. The van der Waals surface area contributed by atoms with E-state index in [4.69, 9.17) is 0 Å². The molecule has 0 spiro atoms. The summed E-state index contributed by atoms with van der Waals surface area (Å²) in [6.45, 7) is 5.69. The largest absolute Gasteiger partial charge is 0.339 e. The predicted molar refractivity (Wildman–Crippen MR) is 86.1 cm³/mol. The van der Waals surface area contributed by atoms with E-state index in [9.17, 15) is 9.59 Å².